The van der Waals surface area contributed by atoms with E-state index >= 15 is 0 Å². The predicted octanol–water partition coefficient (Wildman–Crippen LogP) is 4.05. The lowest BCUT2D eigenvalue weighted by atomic mass is 10.0. The Labute approximate surface area is 162 Å². The number of para-hydroxylation sites is 1. The second kappa shape index (κ2) is 9.04. The van der Waals surface area contributed by atoms with Crippen molar-refractivity contribution in [3.8, 4) is 0 Å². The molecule has 2 rings (SSSR count). The van der Waals surface area contributed by atoms with Crippen molar-refractivity contribution in [2.45, 2.75) is 45.6 Å². The number of rotatable bonds is 8. The Morgan fingerprint density at radius 1 is 1.07 bits per heavy atom. The molecule has 0 saturated heterocycles. The number of nitrogens with zero attached hydrogens (tertiary/aromatic N) is 1. The van der Waals surface area contributed by atoms with E-state index < -0.39 is 10.0 Å². The maximum atomic E-state index is 12.8. The molecule has 0 spiro atoms. The number of benzene rings is 2. The van der Waals surface area contributed by atoms with Crippen LogP contribution in [0, 0.1) is 5.92 Å². The van der Waals surface area contributed by atoms with Crippen LogP contribution in [-0.2, 0) is 27.8 Å². The Balaban J connectivity index is 2.24. The highest BCUT2D eigenvalue weighted by Crippen LogP contribution is 2.22. The largest absolute Gasteiger partial charge is 0.339 e. The van der Waals surface area contributed by atoms with Crippen molar-refractivity contribution in [2.24, 2.45) is 5.92 Å². The third-order valence-electron chi connectivity index (χ3n) is 4.33. The summed E-state index contributed by atoms with van der Waals surface area (Å²) in [5, 5.41) is 0. The number of nitrogens with one attached hydrogen (secondary N) is 1. The molecular formula is C21H28N2O3S. The van der Waals surface area contributed by atoms with Gasteiger partial charge in [0.15, 0.2) is 0 Å². The van der Waals surface area contributed by atoms with E-state index in [2.05, 4.69) is 18.6 Å². The lowest BCUT2D eigenvalue weighted by Gasteiger charge is -2.21. The van der Waals surface area contributed by atoms with Crippen molar-refractivity contribution in [1.29, 1.82) is 0 Å². The van der Waals surface area contributed by atoms with Crippen LogP contribution >= 0.6 is 0 Å². The number of amides is 1. The number of anilines is 1. The summed E-state index contributed by atoms with van der Waals surface area (Å²) < 4.78 is 28.2. The summed E-state index contributed by atoms with van der Waals surface area (Å²) in [5.74, 6) is 0.469. The first-order valence-corrected chi connectivity index (χ1v) is 10.7. The van der Waals surface area contributed by atoms with Crippen LogP contribution in [0.5, 0.6) is 0 Å². The minimum absolute atomic E-state index is 0.0455. The van der Waals surface area contributed by atoms with E-state index in [1.165, 1.54) is 6.92 Å². The molecule has 0 aromatic heterocycles. The Kier molecular flexibility index (Phi) is 7.02. The second-order valence-electron chi connectivity index (χ2n) is 7.04. The molecule has 0 saturated carbocycles. The molecule has 1 N–H and O–H groups in total. The van der Waals surface area contributed by atoms with Crippen LogP contribution < -0.4 is 4.72 Å². The van der Waals surface area contributed by atoms with Gasteiger partial charge in [0, 0.05) is 20.0 Å². The van der Waals surface area contributed by atoms with Gasteiger partial charge in [-0.1, -0.05) is 44.2 Å². The van der Waals surface area contributed by atoms with Crippen LogP contribution in [0.2, 0.25) is 0 Å². The average Bonchev–Trinajstić information content (AvgIpc) is 2.60. The number of carbonyl (C=O) groups excluding carboxylic acids is 1. The molecule has 5 nitrogen and oxygen atoms in total. The first kappa shape index (κ1) is 21.0. The van der Waals surface area contributed by atoms with Gasteiger partial charge in [-0.3, -0.25) is 9.52 Å². The van der Waals surface area contributed by atoms with Crippen molar-refractivity contribution in [2.75, 3.05) is 11.3 Å². The average molecular weight is 389 g/mol. The summed E-state index contributed by atoms with van der Waals surface area (Å²) >= 11 is 0. The Hall–Kier alpha value is -2.34. The molecule has 2 aromatic rings. The zero-order valence-electron chi connectivity index (χ0n) is 16.4. The molecule has 27 heavy (non-hydrogen) atoms. The standard InChI is InChI=1S/C21H28N2O3S/c1-5-23(17(4)24)15-19-8-6-7-9-21(19)22-27(25,26)20-12-10-18(11-13-20)14-16(2)3/h6-13,16,22H,5,14-15H2,1-4H3. The number of carbonyl (C=O) groups is 1. The van der Waals surface area contributed by atoms with E-state index in [9.17, 15) is 13.2 Å². The molecule has 6 heteroatoms. The molecule has 0 aliphatic rings. The fraction of sp³-hybridized carbons (Fsp3) is 0.381. The van der Waals surface area contributed by atoms with Gasteiger partial charge in [-0.25, -0.2) is 8.42 Å². The van der Waals surface area contributed by atoms with Crippen molar-refractivity contribution >= 4 is 21.6 Å². The zero-order chi connectivity index (χ0) is 20.0. The second-order valence-corrected chi connectivity index (χ2v) is 8.72. The first-order valence-electron chi connectivity index (χ1n) is 9.18. The Morgan fingerprint density at radius 3 is 2.26 bits per heavy atom. The van der Waals surface area contributed by atoms with Crippen LogP contribution in [0.3, 0.4) is 0 Å². The van der Waals surface area contributed by atoms with Gasteiger partial charge in [-0.2, -0.15) is 0 Å². The molecule has 0 aliphatic carbocycles. The molecule has 0 aliphatic heterocycles. The summed E-state index contributed by atoms with van der Waals surface area (Å²) in [6, 6.07) is 14.1. The summed E-state index contributed by atoms with van der Waals surface area (Å²) in [7, 11) is -3.70. The van der Waals surface area contributed by atoms with Gasteiger partial charge in [0.1, 0.15) is 0 Å². The number of hydrogen-bond donors (Lipinski definition) is 1. The van der Waals surface area contributed by atoms with E-state index in [1.807, 2.05) is 31.2 Å². The van der Waals surface area contributed by atoms with Gasteiger partial charge in [0.05, 0.1) is 10.6 Å². The minimum atomic E-state index is -3.70. The highest BCUT2D eigenvalue weighted by Gasteiger charge is 2.17. The minimum Gasteiger partial charge on any atom is -0.339 e. The van der Waals surface area contributed by atoms with Crippen molar-refractivity contribution < 1.29 is 13.2 Å². The molecule has 0 heterocycles. The molecule has 0 unspecified atom stereocenters. The summed E-state index contributed by atoms with van der Waals surface area (Å²) in [5.41, 5.74) is 2.36. The topological polar surface area (TPSA) is 66.5 Å². The van der Waals surface area contributed by atoms with Crippen molar-refractivity contribution in [3.63, 3.8) is 0 Å². The van der Waals surface area contributed by atoms with E-state index in [0.717, 1.165) is 17.5 Å². The lowest BCUT2D eigenvalue weighted by Crippen LogP contribution is -2.28. The fourth-order valence-corrected chi connectivity index (χ4v) is 3.99. The molecular weight excluding hydrogens is 360 g/mol. The normalized spacial score (nSPS) is 11.4. The first-order chi connectivity index (χ1) is 12.7. The Bertz CT molecular complexity index is 875. The van der Waals surface area contributed by atoms with Crippen LogP contribution in [0.1, 0.15) is 38.8 Å². The smallest absolute Gasteiger partial charge is 0.261 e. The highest BCUT2D eigenvalue weighted by atomic mass is 32.2. The fourth-order valence-electron chi connectivity index (χ4n) is 2.89. The maximum absolute atomic E-state index is 12.8. The van der Waals surface area contributed by atoms with E-state index in [4.69, 9.17) is 0 Å². The molecule has 2 aromatic carbocycles. The third-order valence-corrected chi connectivity index (χ3v) is 5.71. The highest BCUT2D eigenvalue weighted by molar-refractivity contribution is 7.92. The molecule has 0 radical (unpaired) electrons. The SMILES string of the molecule is CCN(Cc1ccccc1NS(=O)(=O)c1ccc(CC(C)C)cc1)C(C)=O. The monoisotopic (exact) mass is 388 g/mol. The quantitative estimate of drug-likeness (QED) is 0.742. The lowest BCUT2D eigenvalue weighted by molar-refractivity contribution is -0.129. The van der Waals surface area contributed by atoms with Gasteiger partial charge in [0.2, 0.25) is 5.91 Å². The van der Waals surface area contributed by atoms with Crippen LogP contribution in [0.4, 0.5) is 5.69 Å². The number of hydrogen-bond acceptors (Lipinski definition) is 3. The molecule has 0 atom stereocenters. The molecule has 1 amide bonds. The Morgan fingerprint density at radius 2 is 1.70 bits per heavy atom. The summed E-state index contributed by atoms with van der Waals surface area (Å²) in [6.07, 6.45) is 0.911. The van der Waals surface area contributed by atoms with Gasteiger partial charge in [-0.05, 0) is 48.6 Å². The van der Waals surface area contributed by atoms with E-state index in [0.29, 0.717) is 24.7 Å². The van der Waals surface area contributed by atoms with E-state index in [1.54, 1.807) is 29.2 Å². The predicted molar refractivity (Wildman–Crippen MR) is 109 cm³/mol. The van der Waals surface area contributed by atoms with Crippen molar-refractivity contribution in [1.82, 2.24) is 4.90 Å². The van der Waals surface area contributed by atoms with Crippen LogP contribution in [0.25, 0.3) is 0 Å². The molecule has 0 fully saturated rings. The summed E-state index contributed by atoms with van der Waals surface area (Å²) in [6.45, 7) is 8.58. The molecule has 146 valence electrons. The third kappa shape index (κ3) is 5.82. The number of sulfonamides is 1. The van der Waals surface area contributed by atoms with Gasteiger partial charge >= 0.3 is 0 Å². The van der Waals surface area contributed by atoms with Gasteiger partial charge in [0.25, 0.3) is 10.0 Å². The van der Waals surface area contributed by atoms with E-state index in [-0.39, 0.29) is 10.8 Å². The molecule has 0 bridgehead atoms. The van der Waals surface area contributed by atoms with Crippen molar-refractivity contribution in [3.05, 3.63) is 59.7 Å². The zero-order valence-corrected chi connectivity index (χ0v) is 17.2. The maximum Gasteiger partial charge on any atom is 0.261 e. The van der Waals surface area contributed by atoms with Gasteiger partial charge in [-0.15, -0.1) is 0 Å². The van der Waals surface area contributed by atoms with Gasteiger partial charge < -0.3 is 4.90 Å². The summed E-state index contributed by atoms with van der Waals surface area (Å²) in [4.78, 5) is 13.6. The van der Waals surface area contributed by atoms with Crippen LogP contribution in [0.15, 0.2) is 53.4 Å². The van der Waals surface area contributed by atoms with Crippen LogP contribution in [-0.4, -0.2) is 25.8 Å².